The smallest absolute Gasteiger partial charge is 0.344 e. The van der Waals surface area contributed by atoms with Gasteiger partial charge in [-0.15, -0.1) is 0 Å². The van der Waals surface area contributed by atoms with Crippen molar-refractivity contribution in [1.29, 1.82) is 5.26 Å². The first-order chi connectivity index (χ1) is 11.8. The lowest BCUT2D eigenvalue weighted by atomic mass is 9.98. The van der Waals surface area contributed by atoms with Gasteiger partial charge in [-0.1, -0.05) is 0 Å². The summed E-state index contributed by atoms with van der Waals surface area (Å²) in [5.41, 5.74) is -0.374. The van der Waals surface area contributed by atoms with Gasteiger partial charge in [0.1, 0.15) is 11.3 Å². The molecule has 1 aliphatic carbocycles. The normalized spacial score (nSPS) is 15.4. The Labute approximate surface area is 145 Å². The van der Waals surface area contributed by atoms with Crippen molar-refractivity contribution in [2.45, 2.75) is 32.2 Å². The number of hydrogen-bond donors (Lipinski definition) is 1. The van der Waals surface area contributed by atoms with Crippen LogP contribution in [0, 0.1) is 17.2 Å². The summed E-state index contributed by atoms with van der Waals surface area (Å²) < 4.78 is 10.1. The number of nitriles is 1. The van der Waals surface area contributed by atoms with Gasteiger partial charge in [0.25, 0.3) is 5.91 Å². The Balaban J connectivity index is 1.72. The monoisotopic (exact) mass is 344 g/mol. The number of carbonyl (C=O) groups is 3. The number of Topliss-reactive ketones (excluding diaryl/α,β-unsaturated/α-hetero) is 1. The zero-order valence-electron chi connectivity index (χ0n) is 14.2. The fourth-order valence-corrected chi connectivity index (χ4v) is 2.32. The molecule has 0 spiro atoms. The van der Waals surface area contributed by atoms with Crippen molar-refractivity contribution in [2.75, 3.05) is 13.2 Å². The van der Waals surface area contributed by atoms with Gasteiger partial charge in [0.2, 0.25) is 0 Å². The molecule has 1 amide bonds. The minimum absolute atomic E-state index is 0.0625. The summed E-state index contributed by atoms with van der Waals surface area (Å²) in [6, 6.07) is 8.43. The quantitative estimate of drug-likeness (QED) is 0.567. The van der Waals surface area contributed by atoms with E-state index >= 15 is 0 Å². The van der Waals surface area contributed by atoms with E-state index in [1.165, 1.54) is 6.92 Å². The maximum absolute atomic E-state index is 11.8. The number of benzene rings is 1. The molecule has 1 aromatic rings. The van der Waals surface area contributed by atoms with Crippen LogP contribution in [0.4, 0.5) is 0 Å². The molecule has 0 aliphatic heterocycles. The Morgan fingerprint density at radius 1 is 1.24 bits per heavy atom. The van der Waals surface area contributed by atoms with E-state index in [0.29, 0.717) is 11.3 Å². The van der Waals surface area contributed by atoms with E-state index in [0.717, 1.165) is 12.8 Å². The lowest BCUT2D eigenvalue weighted by Crippen LogP contribution is -2.48. The van der Waals surface area contributed by atoms with Crippen LogP contribution < -0.4 is 10.1 Å². The van der Waals surface area contributed by atoms with Gasteiger partial charge in [-0.25, -0.2) is 4.79 Å². The van der Waals surface area contributed by atoms with Crippen LogP contribution in [-0.2, 0) is 14.3 Å². The molecule has 1 atom stereocenters. The zero-order chi connectivity index (χ0) is 18.4. The SMILES string of the molecule is CC(=O)c1ccc(OCC(=O)OCC(=O)N[C@@](C)(C#N)C2CC2)cc1. The van der Waals surface area contributed by atoms with Crippen LogP contribution in [0.25, 0.3) is 0 Å². The molecule has 0 aromatic heterocycles. The molecule has 0 bridgehead atoms. The van der Waals surface area contributed by atoms with Crippen molar-refractivity contribution < 1.29 is 23.9 Å². The summed E-state index contributed by atoms with van der Waals surface area (Å²) in [6.07, 6.45) is 1.81. The van der Waals surface area contributed by atoms with Gasteiger partial charge < -0.3 is 14.8 Å². The third-order valence-corrected chi connectivity index (χ3v) is 4.01. The van der Waals surface area contributed by atoms with Crippen molar-refractivity contribution in [1.82, 2.24) is 5.32 Å². The molecule has 1 aliphatic rings. The largest absolute Gasteiger partial charge is 0.482 e. The third-order valence-electron chi connectivity index (χ3n) is 4.01. The highest BCUT2D eigenvalue weighted by atomic mass is 16.6. The third kappa shape index (κ3) is 5.31. The van der Waals surface area contributed by atoms with E-state index in [1.807, 2.05) is 0 Å². The average Bonchev–Trinajstić information content (AvgIpc) is 3.44. The first-order valence-electron chi connectivity index (χ1n) is 7.96. The second-order valence-electron chi connectivity index (χ2n) is 6.17. The van der Waals surface area contributed by atoms with Gasteiger partial charge in [-0.3, -0.25) is 9.59 Å². The lowest BCUT2D eigenvalue weighted by molar-refractivity contribution is -0.150. The Bertz CT molecular complexity index is 703. The highest BCUT2D eigenvalue weighted by Gasteiger charge is 2.43. The van der Waals surface area contributed by atoms with Gasteiger partial charge >= 0.3 is 5.97 Å². The van der Waals surface area contributed by atoms with Gasteiger partial charge in [-0.2, -0.15) is 5.26 Å². The van der Waals surface area contributed by atoms with E-state index in [2.05, 4.69) is 11.4 Å². The van der Waals surface area contributed by atoms with E-state index < -0.39 is 24.0 Å². The van der Waals surface area contributed by atoms with Crippen molar-refractivity contribution >= 4 is 17.7 Å². The Morgan fingerprint density at radius 2 is 1.88 bits per heavy atom. The Morgan fingerprint density at radius 3 is 2.40 bits per heavy atom. The van der Waals surface area contributed by atoms with Crippen molar-refractivity contribution in [3.8, 4) is 11.8 Å². The second kappa shape index (κ2) is 7.79. The minimum Gasteiger partial charge on any atom is -0.482 e. The molecule has 7 heteroatoms. The number of ether oxygens (including phenoxy) is 2. The molecule has 0 saturated heterocycles. The lowest BCUT2D eigenvalue weighted by Gasteiger charge is -2.22. The van der Waals surface area contributed by atoms with Crippen LogP contribution in [0.3, 0.4) is 0 Å². The standard InChI is InChI=1S/C18H20N2O5/c1-12(21)13-3-7-15(8-4-13)24-10-17(23)25-9-16(22)20-18(2,11-19)14-5-6-14/h3-4,7-8,14H,5-6,9-10H2,1-2H3,(H,20,22)/t18-/m0/s1. The van der Waals surface area contributed by atoms with E-state index in [1.54, 1.807) is 31.2 Å². The van der Waals surface area contributed by atoms with Crippen LogP contribution in [-0.4, -0.2) is 36.4 Å². The van der Waals surface area contributed by atoms with Gasteiger partial charge in [0.05, 0.1) is 6.07 Å². The summed E-state index contributed by atoms with van der Waals surface area (Å²) in [6.45, 7) is 2.30. The number of nitrogens with one attached hydrogen (secondary N) is 1. The number of carbonyl (C=O) groups excluding carboxylic acids is 3. The number of ketones is 1. The number of esters is 1. The molecule has 132 valence electrons. The second-order valence-corrected chi connectivity index (χ2v) is 6.17. The maximum atomic E-state index is 11.8. The van der Waals surface area contributed by atoms with Gasteiger partial charge in [0.15, 0.2) is 19.0 Å². The highest BCUT2D eigenvalue weighted by Crippen LogP contribution is 2.39. The van der Waals surface area contributed by atoms with Crippen molar-refractivity contribution in [2.24, 2.45) is 5.92 Å². The predicted molar refractivity (Wildman–Crippen MR) is 87.8 cm³/mol. The van der Waals surface area contributed by atoms with Crippen LogP contribution in [0.1, 0.15) is 37.0 Å². The number of nitrogens with zero attached hydrogens (tertiary/aromatic N) is 1. The molecular formula is C18H20N2O5. The molecule has 7 nitrogen and oxygen atoms in total. The van der Waals surface area contributed by atoms with Gasteiger partial charge in [0, 0.05) is 5.56 Å². The molecule has 0 radical (unpaired) electrons. The molecule has 2 rings (SSSR count). The van der Waals surface area contributed by atoms with Gasteiger partial charge in [-0.05, 0) is 56.9 Å². The molecular weight excluding hydrogens is 324 g/mol. The first-order valence-corrected chi connectivity index (χ1v) is 7.96. The number of amides is 1. The number of rotatable bonds is 8. The average molecular weight is 344 g/mol. The highest BCUT2D eigenvalue weighted by molar-refractivity contribution is 5.94. The maximum Gasteiger partial charge on any atom is 0.344 e. The molecule has 1 fully saturated rings. The van der Waals surface area contributed by atoms with Crippen molar-refractivity contribution in [3.05, 3.63) is 29.8 Å². The summed E-state index contributed by atoms with van der Waals surface area (Å²) in [7, 11) is 0. The van der Waals surface area contributed by atoms with Crippen LogP contribution in [0.2, 0.25) is 0 Å². The summed E-state index contributed by atoms with van der Waals surface area (Å²) in [5.74, 6) is -0.714. The van der Waals surface area contributed by atoms with Crippen LogP contribution >= 0.6 is 0 Å². The predicted octanol–water partition coefficient (Wildman–Crippen LogP) is 1.62. The van der Waals surface area contributed by atoms with E-state index in [-0.39, 0.29) is 18.3 Å². The van der Waals surface area contributed by atoms with Crippen LogP contribution in [0.5, 0.6) is 5.75 Å². The summed E-state index contributed by atoms with van der Waals surface area (Å²) in [4.78, 5) is 34.6. The molecule has 1 N–H and O–H groups in total. The van der Waals surface area contributed by atoms with Crippen LogP contribution in [0.15, 0.2) is 24.3 Å². The summed E-state index contributed by atoms with van der Waals surface area (Å²) in [5, 5.41) is 11.8. The van der Waals surface area contributed by atoms with Crippen molar-refractivity contribution in [3.63, 3.8) is 0 Å². The molecule has 1 aromatic carbocycles. The molecule has 25 heavy (non-hydrogen) atoms. The zero-order valence-corrected chi connectivity index (χ0v) is 14.2. The number of hydrogen-bond acceptors (Lipinski definition) is 6. The Kier molecular flexibility index (Phi) is 5.75. The Hall–Kier alpha value is -2.88. The van der Waals surface area contributed by atoms with E-state index in [9.17, 15) is 19.6 Å². The molecule has 0 unspecified atom stereocenters. The fourth-order valence-electron chi connectivity index (χ4n) is 2.32. The molecule has 0 heterocycles. The molecule has 1 saturated carbocycles. The fraction of sp³-hybridized carbons (Fsp3) is 0.444. The van der Waals surface area contributed by atoms with E-state index in [4.69, 9.17) is 9.47 Å². The topological polar surface area (TPSA) is 105 Å². The minimum atomic E-state index is -0.918. The first kappa shape index (κ1) is 18.5. The summed E-state index contributed by atoms with van der Waals surface area (Å²) >= 11 is 0.